The summed E-state index contributed by atoms with van der Waals surface area (Å²) in [6.45, 7) is 6.49. The monoisotopic (exact) mass is 411 g/mol. The van der Waals surface area contributed by atoms with Crippen molar-refractivity contribution < 1.29 is 45.4 Å². The maximum absolute atomic E-state index is 10.1. The summed E-state index contributed by atoms with van der Waals surface area (Å²) in [6, 6.07) is -2.03. The molecule has 7 nitrogen and oxygen atoms in total. The van der Waals surface area contributed by atoms with Crippen molar-refractivity contribution in [2.24, 2.45) is 11.5 Å². The van der Waals surface area contributed by atoms with Gasteiger partial charge >= 0.3 is 0 Å². The topological polar surface area (TPSA) is 161 Å². The molecule has 0 rings (SSSR count). The Hall–Kier alpha value is 0.169. The molecule has 1 radical (unpaired) electrons. The molecular weight excluding hydrogens is 391 g/mol. The quantitative estimate of drug-likeness (QED) is 0.372. The van der Waals surface area contributed by atoms with Gasteiger partial charge in [0.1, 0.15) is 0 Å². The third-order valence-corrected chi connectivity index (χ3v) is 2.59. The average molecular weight is 411 g/mol. The van der Waals surface area contributed by atoms with Gasteiger partial charge in [0.15, 0.2) is 0 Å². The van der Waals surface area contributed by atoms with Gasteiger partial charge in [-0.25, -0.2) is 0 Å². The number of carboxylic acid groups (broad SMARTS) is 2. The van der Waals surface area contributed by atoms with Crippen LogP contribution in [-0.4, -0.2) is 33.5 Å². The van der Waals surface area contributed by atoms with Crippen LogP contribution in [0.5, 0.6) is 0 Å². The van der Waals surface area contributed by atoms with E-state index in [9.17, 15) is 19.8 Å². The zero-order valence-electron chi connectivity index (χ0n) is 11.6. The fraction of sp³-hybridized carbons (Fsp3) is 0.800. The zero-order chi connectivity index (χ0) is 15.3. The summed E-state index contributed by atoms with van der Waals surface area (Å²) in [4.78, 5) is 20.1. The van der Waals surface area contributed by atoms with E-state index in [2.05, 4.69) is 25.3 Å². The second-order valence-electron chi connectivity index (χ2n) is 4.90. The van der Waals surface area contributed by atoms with Crippen molar-refractivity contribution >= 4 is 37.2 Å². The molecule has 4 N–H and O–H groups in total. The molecule has 0 bridgehead atoms. The van der Waals surface area contributed by atoms with Gasteiger partial charge in [0.2, 0.25) is 0 Å². The fourth-order valence-corrected chi connectivity index (χ4v) is 0.788. The normalized spacial score (nSPS) is 13.6. The molecule has 0 aromatic rings. The number of hydrogen-bond donors (Lipinski definition) is 4. The maximum atomic E-state index is 10.1. The molecule has 0 fully saturated rings. The molecule has 123 valence electrons. The Labute approximate surface area is 143 Å². The van der Waals surface area contributed by atoms with Crippen molar-refractivity contribution in [1.82, 2.24) is 0 Å². The van der Waals surface area contributed by atoms with Gasteiger partial charge in [-0.15, -0.1) is 0 Å². The van der Waals surface area contributed by atoms with E-state index >= 15 is 0 Å². The minimum atomic E-state index is -1.27. The number of carbonyl (C=O) groups excluding carboxylic acids is 2. The van der Waals surface area contributed by atoms with E-state index in [1.54, 1.807) is 27.7 Å². The van der Waals surface area contributed by atoms with Gasteiger partial charge in [-0.05, 0) is 27.7 Å². The Morgan fingerprint density at radius 2 is 1.05 bits per heavy atom. The van der Waals surface area contributed by atoms with Gasteiger partial charge in [-0.3, -0.25) is 0 Å². The third kappa shape index (κ3) is 13.2. The van der Waals surface area contributed by atoms with E-state index in [1.807, 2.05) is 0 Å². The van der Waals surface area contributed by atoms with Crippen LogP contribution in [-0.2, 0) is 35.2 Å². The van der Waals surface area contributed by atoms with Crippen molar-refractivity contribution in [3.05, 3.63) is 0 Å². The van der Waals surface area contributed by atoms with Crippen molar-refractivity contribution in [1.29, 1.82) is 0 Å². The van der Waals surface area contributed by atoms with Crippen LogP contribution in [0.15, 0.2) is 0 Å². The Balaban J connectivity index is -0.000000116. The van der Waals surface area contributed by atoms with Crippen LogP contribution >= 0.6 is 25.3 Å². The van der Waals surface area contributed by atoms with Crippen LogP contribution in [0.1, 0.15) is 27.7 Å². The van der Waals surface area contributed by atoms with Crippen LogP contribution in [0.3, 0.4) is 0 Å². The summed E-state index contributed by atoms with van der Waals surface area (Å²) < 4.78 is -1.42. The van der Waals surface area contributed by atoms with Crippen LogP contribution in [0.4, 0.5) is 0 Å². The van der Waals surface area contributed by atoms with E-state index in [4.69, 9.17) is 11.5 Å². The van der Waals surface area contributed by atoms with Crippen LogP contribution in [0, 0.1) is 0 Å². The molecule has 0 unspecified atom stereocenters. The third-order valence-electron chi connectivity index (χ3n) is 2.03. The first-order chi connectivity index (χ1) is 7.71. The largest absolute Gasteiger partial charge is 2.00 e. The molecular formula is C10H20N2O5S2Tc-4. The van der Waals surface area contributed by atoms with Crippen LogP contribution < -0.4 is 21.7 Å². The molecule has 0 aliphatic carbocycles. The second-order valence-corrected chi connectivity index (χ2v) is 7.21. The smallest absolute Gasteiger partial charge is 0.0596 e. The molecule has 0 aromatic carbocycles. The fourth-order valence-electron chi connectivity index (χ4n) is 0.577. The van der Waals surface area contributed by atoms with E-state index in [-0.39, 0.29) is 25.6 Å². The Morgan fingerprint density at radius 1 is 0.900 bits per heavy atom. The van der Waals surface area contributed by atoms with E-state index < -0.39 is 33.5 Å². The number of aliphatic carboxylic acids is 2. The molecule has 20 heavy (non-hydrogen) atoms. The number of carboxylic acids is 2. The summed E-state index contributed by atoms with van der Waals surface area (Å²) in [5.41, 5.74) is 10.3. The minimum absolute atomic E-state index is 0. The van der Waals surface area contributed by atoms with Crippen molar-refractivity contribution in [3.63, 3.8) is 0 Å². The first kappa shape index (κ1) is 28.3. The Bertz CT molecular complexity index is 275. The number of nitrogens with two attached hydrogens (primary N) is 2. The van der Waals surface area contributed by atoms with Crippen molar-refractivity contribution in [2.75, 3.05) is 0 Å². The number of hydrogen-bond acceptors (Lipinski definition) is 8. The maximum Gasteiger partial charge on any atom is 0.0596 e. The van der Waals surface area contributed by atoms with Crippen molar-refractivity contribution in [2.45, 2.75) is 49.3 Å². The van der Waals surface area contributed by atoms with Gasteiger partial charge in [0, 0.05) is 29.6 Å². The first-order valence-corrected chi connectivity index (χ1v) is 5.98. The molecule has 0 heterocycles. The van der Waals surface area contributed by atoms with Gasteiger partial charge in [0.05, 0.1) is 24.0 Å². The molecule has 0 aromatic heterocycles. The van der Waals surface area contributed by atoms with E-state index in [0.717, 1.165) is 0 Å². The zero-order valence-corrected chi connectivity index (χ0v) is 15.3. The number of carbonyl (C=O) groups is 2. The number of thiol groups is 2. The molecule has 0 saturated carbocycles. The van der Waals surface area contributed by atoms with Crippen LogP contribution in [0.25, 0.3) is 0 Å². The summed E-state index contributed by atoms with van der Waals surface area (Å²) in [5, 5.41) is 20.1. The number of rotatable bonds is 4. The van der Waals surface area contributed by atoms with Gasteiger partial charge in [-0.1, -0.05) is 0 Å². The predicted molar refractivity (Wildman–Crippen MR) is 72.8 cm³/mol. The molecule has 0 spiro atoms. The summed E-state index contributed by atoms with van der Waals surface area (Å²) in [6.07, 6.45) is 0. The standard InChI is InChI=1S/2C5H11NO2S.O.Tc/c2*1-5(2,9)3(6)4(7)8;;/h2*3,9H,6H2,1-2H3,(H,7,8);;/q;;-2;/p-2/t2*3-;;/m00../s1/i;;;1+1. The first-order valence-electron chi connectivity index (χ1n) is 5.09. The minimum Gasteiger partial charge on any atom is -2.00 e. The van der Waals surface area contributed by atoms with Gasteiger partial charge in [0.25, 0.3) is 0 Å². The molecule has 0 aliphatic heterocycles. The Morgan fingerprint density at radius 3 is 1.05 bits per heavy atom. The average Bonchev–Trinajstić information content (AvgIpc) is 2.13. The van der Waals surface area contributed by atoms with Crippen LogP contribution in [0.2, 0.25) is 0 Å². The summed E-state index contributed by atoms with van der Waals surface area (Å²) >= 11 is 7.89. The molecule has 0 aliphatic rings. The predicted octanol–water partition coefficient (Wildman–Crippen LogP) is -2.58. The SMILES string of the molecule is CC(C)(S)[C@@H](N)C(=O)[O-].CC(C)(S)[C@@H](N)C(=O)[O-].[99Tc].[O-2]. The molecule has 10 heteroatoms. The molecule has 0 amide bonds. The van der Waals surface area contributed by atoms with E-state index in [1.165, 1.54) is 0 Å². The van der Waals surface area contributed by atoms with Gasteiger partial charge in [-0.2, -0.15) is 25.3 Å². The summed E-state index contributed by atoms with van der Waals surface area (Å²) in [5.74, 6) is -2.54. The molecule has 0 saturated heterocycles. The molecule has 2 atom stereocenters. The summed E-state index contributed by atoms with van der Waals surface area (Å²) in [7, 11) is 0. The van der Waals surface area contributed by atoms with E-state index in [0.29, 0.717) is 0 Å². The van der Waals surface area contributed by atoms with Gasteiger partial charge < -0.3 is 36.7 Å². The Kier molecular flexibility index (Phi) is 15.4. The van der Waals surface area contributed by atoms with Crippen molar-refractivity contribution in [3.8, 4) is 0 Å². The second kappa shape index (κ2) is 10.8.